The molecular weight excluding hydrogens is 322 g/mol. The number of carbonyl (C=O) groups is 1. The quantitative estimate of drug-likeness (QED) is 0.833. The van der Waals surface area contributed by atoms with Crippen LogP contribution in [0, 0.1) is 0 Å². The van der Waals surface area contributed by atoms with Crippen molar-refractivity contribution < 1.29 is 14.3 Å². The van der Waals surface area contributed by atoms with E-state index in [1.165, 1.54) is 0 Å². The molecule has 126 valence electrons. The molecule has 3 rings (SSSR count). The van der Waals surface area contributed by atoms with E-state index in [0.717, 1.165) is 23.4 Å². The van der Waals surface area contributed by atoms with E-state index in [4.69, 9.17) is 9.47 Å². The number of carbonyl (C=O) groups excluding carboxylic acids is 1. The molecule has 1 fully saturated rings. The second-order valence-electron chi connectivity index (χ2n) is 5.59. The van der Waals surface area contributed by atoms with Gasteiger partial charge in [-0.2, -0.15) is 0 Å². The van der Waals surface area contributed by atoms with Crippen LogP contribution in [-0.4, -0.2) is 37.3 Å². The first kappa shape index (κ1) is 16.7. The van der Waals surface area contributed by atoms with E-state index < -0.39 is 0 Å². The molecule has 1 amide bonds. The van der Waals surface area contributed by atoms with Crippen molar-refractivity contribution in [1.82, 2.24) is 4.90 Å². The molecule has 24 heavy (non-hydrogen) atoms. The minimum Gasteiger partial charge on any atom is -0.493 e. The number of amides is 1. The van der Waals surface area contributed by atoms with E-state index in [-0.39, 0.29) is 11.3 Å². The van der Waals surface area contributed by atoms with Gasteiger partial charge in [0.15, 0.2) is 11.5 Å². The van der Waals surface area contributed by atoms with Crippen molar-refractivity contribution in [3.05, 3.63) is 59.7 Å². The zero-order valence-electron chi connectivity index (χ0n) is 13.9. The Balaban J connectivity index is 1.79. The van der Waals surface area contributed by atoms with E-state index >= 15 is 0 Å². The molecule has 0 saturated carbocycles. The maximum absolute atomic E-state index is 12.7. The lowest BCUT2D eigenvalue weighted by atomic mass is 10.1. The number of ether oxygens (including phenoxy) is 2. The molecule has 1 aliphatic rings. The zero-order chi connectivity index (χ0) is 16.9. The van der Waals surface area contributed by atoms with Gasteiger partial charge in [-0.05, 0) is 23.3 Å². The van der Waals surface area contributed by atoms with Crippen molar-refractivity contribution in [2.45, 2.75) is 11.8 Å². The number of methoxy groups -OCH3 is 2. The summed E-state index contributed by atoms with van der Waals surface area (Å²) < 4.78 is 10.7. The largest absolute Gasteiger partial charge is 0.493 e. The Morgan fingerprint density at radius 2 is 1.88 bits per heavy atom. The molecule has 0 N–H and O–H groups in total. The molecule has 2 aromatic carbocycles. The molecule has 1 atom stereocenters. The van der Waals surface area contributed by atoms with Gasteiger partial charge in [-0.3, -0.25) is 4.79 Å². The first-order chi connectivity index (χ1) is 11.7. The lowest BCUT2D eigenvalue weighted by Crippen LogP contribution is -2.31. The molecule has 1 saturated heterocycles. The van der Waals surface area contributed by atoms with E-state index in [1.807, 2.05) is 53.4 Å². The number of hydrogen-bond acceptors (Lipinski definition) is 4. The van der Waals surface area contributed by atoms with Gasteiger partial charge >= 0.3 is 0 Å². The summed E-state index contributed by atoms with van der Waals surface area (Å²) in [5.74, 6) is 2.50. The van der Waals surface area contributed by atoms with E-state index in [0.29, 0.717) is 17.9 Å². The summed E-state index contributed by atoms with van der Waals surface area (Å²) in [5, 5.41) is 0.0287. The molecule has 1 heterocycles. The summed E-state index contributed by atoms with van der Waals surface area (Å²) in [4.78, 5) is 14.7. The second kappa shape index (κ2) is 7.62. The molecule has 0 spiro atoms. The van der Waals surface area contributed by atoms with Crippen LogP contribution in [0.15, 0.2) is 48.5 Å². The maximum Gasteiger partial charge on any atom is 0.228 e. The molecular formula is C19H21NO3S. The van der Waals surface area contributed by atoms with E-state index in [1.54, 1.807) is 26.0 Å². The molecule has 1 unspecified atom stereocenters. The van der Waals surface area contributed by atoms with Crippen molar-refractivity contribution in [3.63, 3.8) is 0 Å². The first-order valence-electron chi connectivity index (χ1n) is 7.90. The van der Waals surface area contributed by atoms with Crippen molar-refractivity contribution in [2.75, 3.05) is 26.5 Å². The highest BCUT2D eigenvalue weighted by molar-refractivity contribution is 7.99. The van der Waals surface area contributed by atoms with Gasteiger partial charge in [0.05, 0.1) is 20.6 Å². The van der Waals surface area contributed by atoms with Gasteiger partial charge in [-0.25, -0.2) is 0 Å². The van der Waals surface area contributed by atoms with Crippen molar-refractivity contribution >= 4 is 17.7 Å². The molecule has 4 nitrogen and oxygen atoms in total. The third-order valence-electron chi connectivity index (χ3n) is 4.10. The lowest BCUT2D eigenvalue weighted by molar-refractivity contribution is -0.130. The van der Waals surface area contributed by atoms with Crippen LogP contribution >= 0.6 is 11.8 Å². The minimum absolute atomic E-state index is 0.0287. The van der Waals surface area contributed by atoms with Gasteiger partial charge in [0.2, 0.25) is 5.91 Å². The Kier molecular flexibility index (Phi) is 5.30. The predicted octanol–water partition coefficient (Wildman–Crippen LogP) is 3.52. The van der Waals surface area contributed by atoms with Crippen LogP contribution in [0.4, 0.5) is 0 Å². The Bertz CT molecular complexity index is 705. The van der Waals surface area contributed by atoms with E-state index in [2.05, 4.69) is 0 Å². The number of nitrogens with zero attached hydrogens (tertiary/aromatic N) is 1. The number of hydrogen-bond donors (Lipinski definition) is 0. The highest BCUT2D eigenvalue weighted by atomic mass is 32.2. The summed E-state index contributed by atoms with van der Waals surface area (Å²) >= 11 is 1.78. The average molecular weight is 343 g/mol. The fraction of sp³-hybridized carbons (Fsp3) is 0.316. The van der Waals surface area contributed by atoms with Gasteiger partial charge in [-0.1, -0.05) is 36.4 Å². The van der Waals surface area contributed by atoms with Crippen LogP contribution in [0.2, 0.25) is 0 Å². The zero-order valence-corrected chi connectivity index (χ0v) is 14.7. The number of benzene rings is 2. The van der Waals surface area contributed by atoms with Crippen LogP contribution in [0.5, 0.6) is 11.5 Å². The van der Waals surface area contributed by atoms with Gasteiger partial charge in [0.25, 0.3) is 0 Å². The van der Waals surface area contributed by atoms with Crippen LogP contribution in [0.25, 0.3) is 0 Å². The average Bonchev–Trinajstić information content (AvgIpc) is 3.12. The summed E-state index contributed by atoms with van der Waals surface area (Å²) in [6.45, 7) is 0.773. The summed E-state index contributed by atoms with van der Waals surface area (Å²) in [7, 11) is 3.25. The third kappa shape index (κ3) is 3.51. The van der Waals surface area contributed by atoms with Crippen LogP contribution < -0.4 is 9.47 Å². The van der Waals surface area contributed by atoms with Crippen molar-refractivity contribution in [3.8, 4) is 11.5 Å². The first-order valence-corrected chi connectivity index (χ1v) is 8.94. The topological polar surface area (TPSA) is 38.8 Å². The standard InChI is InChI=1S/C19H21NO3S/c1-22-16-9-8-15(13-17(16)23-2)19-20(10-11-24-19)18(21)12-14-6-4-3-5-7-14/h3-9,13,19H,10-12H2,1-2H3. The van der Waals surface area contributed by atoms with Gasteiger partial charge < -0.3 is 14.4 Å². The van der Waals surface area contributed by atoms with Gasteiger partial charge in [-0.15, -0.1) is 11.8 Å². The second-order valence-corrected chi connectivity index (χ2v) is 6.78. The lowest BCUT2D eigenvalue weighted by Gasteiger charge is -2.25. The molecule has 1 aliphatic heterocycles. The number of rotatable bonds is 5. The highest BCUT2D eigenvalue weighted by Crippen LogP contribution is 2.41. The van der Waals surface area contributed by atoms with Crippen LogP contribution in [0.1, 0.15) is 16.5 Å². The van der Waals surface area contributed by atoms with Gasteiger partial charge in [0, 0.05) is 12.3 Å². The Labute approximate surface area is 146 Å². The molecule has 0 aliphatic carbocycles. The normalized spacial score (nSPS) is 16.9. The molecule has 2 aromatic rings. The smallest absolute Gasteiger partial charge is 0.228 e. The van der Waals surface area contributed by atoms with Crippen LogP contribution in [0.3, 0.4) is 0 Å². The minimum atomic E-state index is 0.0287. The maximum atomic E-state index is 12.7. The SMILES string of the molecule is COc1ccc(C2SCCN2C(=O)Cc2ccccc2)cc1OC. The fourth-order valence-corrected chi connectivity index (χ4v) is 4.15. The Hall–Kier alpha value is -2.14. The van der Waals surface area contributed by atoms with Crippen molar-refractivity contribution in [2.24, 2.45) is 0 Å². The molecule has 0 aromatic heterocycles. The molecule has 0 radical (unpaired) electrons. The Morgan fingerprint density at radius 1 is 1.12 bits per heavy atom. The monoisotopic (exact) mass is 343 g/mol. The fourth-order valence-electron chi connectivity index (χ4n) is 2.88. The summed E-state index contributed by atoms with van der Waals surface area (Å²) in [6, 6.07) is 15.7. The van der Waals surface area contributed by atoms with E-state index in [9.17, 15) is 4.79 Å². The highest BCUT2D eigenvalue weighted by Gasteiger charge is 2.31. The number of thioether (sulfide) groups is 1. The van der Waals surface area contributed by atoms with Crippen LogP contribution in [-0.2, 0) is 11.2 Å². The van der Waals surface area contributed by atoms with Crippen molar-refractivity contribution in [1.29, 1.82) is 0 Å². The summed E-state index contributed by atoms with van der Waals surface area (Å²) in [6.07, 6.45) is 0.436. The Morgan fingerprint density at radius 3 is 2.58 bits per heavy atom. The molecule has 0 bridgehead atoms. The molecule has 5 heteroatoms. The summed E-state index contributed by atoms with van der Waals surface area (Å²) in [5.41, 5.74) is 2.11. The van der Waals surface area contributed by atoms with Gasteiger partial charge in [0.1, 0.15) is 5.37 Å². The third-order valence-corrected chi connectivity index (χ3v) is 5.36. The predicted molar refractivity (Wildman–Crippen MR) is 96.6 cm³/mol.